The van der Waals surface area contributed by atoms with Crippen LogP contribution in [-0.2, 0) is 0 Å². The number of pyridine rings is 1. The van der Waals surface area contributed by atoms with E-state index in [0.717, 1.165) is 0 Å². The summed E-state index contributed by atoms with van der Waals surface area (Å²) < 4.78 is 15.7. The molecule has 0 fully saturated rings. The summed E-state index contributed by atoms with van der Waals surface area (Å²) in [7, 11) is 0. The third kappa shape index (κ3) is 2.93. The van der Waals surface area contributed by atoms with Crippen molar-refractivity contribution in [1.29, 1.82) is 10.5 Å². The lowest BCUT2D eigenvalue weighted by atomic mass is 9.94. The number of rotatable bonds is 2. The highest BCUT2D eigenvalue weighted by Gasteiger charge is 2.31. The molecule has 3 heterocycles. The van der Waals surface area contributed by atoms with Crippen molar-refractivity contribution in [3.8, 4) is 17.9 Å². The zero-order chi connectivity index (χ0) is 20.5. The van der Waals surface area contributed by atoms with Crippen LogP contribution in [0.4, 0.5) is 21.7 Å². The standard InChI is InChI=1S/C18H13FN10/c19-9-2-3-12(29-5-1-4-25-29)10(6-9)15-13-14(22)11(7-20)16(23)27-17(13)28-18(26-15)24-8-21/h1-6,15H,(H6,22,23,24,26,27,28). The van der Waals surface area contributed by atoms with Gasteiger partial charge in [-0.3, -0.25) is 5.32 Å². The molecule has 11 heteroatoms. The first kappa shape index (κ1) is 17.8. The average molecular weight is 388 g/mol. The summed E-state index contributed by atoms with van der Waals surface area (Å²) in [5, 5.41) is 27.8. The fraction of sp³-hybridized carbons (Fsp3) is 0.0556. The molecule has 1 unspecified atom stereocenters. The lowest BCUT2D eigenvalue weighted by Gasteiger charge is -2.27. The molecule has 0 radical (unpaired) electrons. The number of nitrogen functional groups attached to an aromatic ring is 2. The molecule has 0 saturated carbocycles. The number of guanidine groups is 1. The van der Waals surface area contributed by atoms with Crippen molar-refractivity contribution in [3.05, 3.63) is 59.2 Å². The number of anilines is 3. The average Bonchev–Trinajstić information content (AvgIpc) is 3.22. The van der Waals surface area contributed by atoms with E-state index in [1.165, 1.54) is 12.1 Å². The van der Waals surface area contributed by atoms with Crippen LogP contribution in [0.1, 0.15) is 22.7 Å². The van der Waals surface area contributed by atoms with Crippen molar-refractivity contribution in [2.24, 2.45) is 4.99 Å². The van der Waals surface area contributed by atoms with Gasteiger partial charge in [-0.1, -0.05) is 0 Å². The summed E-state index contributed by atoms with van der Waals surface area (Å²) in [6.07, 6.45) is 5.05. The van der Waals surface area contributed by atoms with Crippen molar-refractivity contribution in [2.75, 3.05) is 16.8 Å². The number of aliphatic imine (C=N–C) groups is 1. The van der Waals surface area contributed by atoms with Crippen LogP contribution in [0.2, 0.25) is 0 Å². The van der Waals surface area contributed by atoms with Gasteiger partial charge in [-0.15, -0.1) is 0 Å². The van der Waals surface area contributed by atoms with Gasteiger partial charge in [0.25, 0.3) is 0 Å². The SMILES string of the molecule is N#CNC1=NC(c2cc(F)ccc2-n2cccn2)c2c(nc(N)c(C#N)c2N)N1. The maximum absolute atomic E-state index is 14.2. The molecule has 0 aliphatic carbocycles. The molecule has 1 aliphatic heterocycles. The van der Waals surface area contributed by atoms with Gasteiger partial charge in [0.2, 0.25) is 5.96 Å². The van der Waals surface area contributed by atoms with E-state index in [1.54, 1.807) is 35.4 Å². The molecule has 3 aromatic rings. The second-order valence-electron chi connectivity index (χ2n) is 6.06. The molecule has 2 aromatic heterocycles. The number of fused-ring (bicyclic) bond motifs is 1. The van der Waals surface area contributed by atoms with Crippen molar-refractivity contribution >= 4 is 23.3 Å². The molecule has 6 N–H and O–H groups in total. The highest BCUT2D eigenvalue weighted by atomic mass is 19.1. The van der Waals surface area contributed by atoms with Gasteiger partial charge in [-0.25, -0.2) is 19.0 Å². The Labute approximate surface area is 163 Å². The van der Waals surface area contributed by atoms with Crippen LogP contribution in [0.3, 0.4) is 0 Å². The normalized spacial score (nSPS) is 14.7. The van der Waals surface area contributed by atoms with E-state index in [1.807, 2.05) is 6.07 Å². The number of hydrogen-bond acceptors (Lipinski definition) is 9. The first-order chi connectivity index (χ1) is 14.0. The van der Waals surface area contributed by atoms with Gasteiger partial charge in [0, 0.05) is 23.5 Å². The van der Waals surface area contributed by atoms with Crippen LogP contribution in [0.5, 0.6) is 0 Å². The zero-order valence-electron chi connectivity index (χ0n) is 14.8. The van der Waals surface area contributed by atoms with Crippen LogP contribution >= 0.6 is 0 Å². The molecule has 1 aliphatic rings. The highest BCUT2D eigenvalue weighted by molar-refractivity contribution is 5.98. The first-order valence-electron chi connectivity index (χ1n) is 8.31. The number of nitrogens with one attached hydrogen (secondary N) is 2. The van der Waals surface area contributed by atoms with Crippen molar-refractivity contribution in [2.45, 2.75) is 6.04 Å². The second kappa shape index (κ2) is 6.83. The lowest BCUT2D eigenvalue weighted by Crippen LogP contribution is -2.33. The second-order valence-corrected chi connectivity index (χ2v) is 6.06. The molecule has 1 aromatic carbocycles. The minimum Gasteiger partial charge on any atom is -0.397 e. The Morgan fingerprint density at radius 1 is 1.28 bits per heavy atom. The van der Waals surface area contributed by atoms with Crippen molar-refractivity contribution in [1.82, 2.24) is 20.1 Å². The molecule has 0 spiro atoms. The Balaban J connectivity index is 2.01. The summed E-state index contributed by atoms with van der Waals surface area (Å²) in [5.74, 6) is -0.271. The minimum absolute atomic E-state index is 0.000477. The highest BCUT2D eigenvalue weighted by Crippen LogP contribution is 2.42. The van der Waals surface area contributed by atoms with Gasteiger partial charge in [-0.05, 0) is 24.3 Å². The largest absolute Gasteiger partial charge is 0.397 e. The van der Waals surface area contributed by atoms with Gasteiger partial charge in [-0.2, -0.15) is 15.6 Å². The number of hydrogen-bond donors (Lipinski definition) is 4. The molecule has 142 valence electrons. The van der Waals surface area contributed by atoms with E-state index in [2.05, 4.69) is 25.7 Å². The van der Waals surface area contributed by atoms with E-state index in [9.17, 15) is 9.65 Å². The number of halogens is 1. The van der Waals surface area contributed by atoms with E-state index in [4.69, 9.17) is 16.7 Å². The van der Waals surface area contributed by atoms with Crippen LogP contribution in [0.25, 0.3) is 5.69 Å². The van der Waals surface area contributed by atoms with Crippen LogP contribution in [-0.4, -0.2) is 20.7 Å². The third-order valence-corrected chi connectivity index (χ3v) is 4.39. The number of nitrogens with two attached hydrogens (primary N) is 2. The number of nitriles is 2. The predicted molar refractivity (Wildman–Crippen MR) is 103 cm³/mol. The van der Waals surface area contributed by atoms with Crippen LogP contribution in [0.15, 0.2) is 41.7 Å². The van der Waals surface area contributed by atoms with E-state index in [0.29, 0.717) is 16.8 Å². The number of benzene rings is 1. The fourth-order valence-electron chi connectivity index (χ4n) is 3.17. The molecular weight excluding hydrogens is 375 g/mol. The lowest BCUT2D eigenvalue weighted by molar-refractivity contribution is 0.621. The summed E-state index contributed by atoms with van der Waals surface area (Å²) in [6, 6.07) is 6.92. The predicted octanol–water partition coefficient (Wildman–Crippen LogP) is 1.38. The summed E-state index contributed by atoms with van der Waals surface area (Å²) in [5.41, 5.74) is 13.4. The molecule has 0 saturated heterocycles. The van der Waals surface area contributed by atoms with Gasteiger partial charge in [0.15, 0.2) is 6.19 Å². The van der Waals surface area contributed by atoms with E-state index >= 15 is 0 Å². The summed E-state index contributed by atoms with van der Waals surface area (Å²) >= 11 is 0. The molecule has 0 bridgehead atoms. The first-order valence-corrected chi connectivity index (χ1v) is 8.31. The molecule has 29 heavy (non-hydrogen) atoms. The zero-order valence-corrected chi connectivity index (χ0v) is 14.8. The van der Waals surface area contributed by atoms with Gasteiger partial charge in [0.1, 0.15) is 35.1 Å². The molecule has 0 amide bonds. The Kier molecular flexibility index (Phi) is 4.18. The quantitative estimate of drug-likeness (QED) is 0.377. The monoisotopic (exact) mass is 388 g/mol. The smallest absolute Gasteiger partial charge is 0.211 e. The summed E-state index contributed by atoms with van der Waals surface area (Å²) in [4.78, 5) is 8.64. The maximum Gasteiger partial charge on any atom is 0.211 e. The Morgan fingerprint density at radius 2 is 2.10 bits per heavy atom. The Morgan fingerprint density at radius 3 is 2.79 bits per heavy atom. The molecule has 10 nitrogen and oxygen atoms in total. The van der Waals surface area contributed by atoms with E-state index < -0.39 is 11.9 Å². The minimum atomic E-state index is -0.878. The maximum atomic E-state index is 14.2. The fourth-order valence-corrected chi connectivity index (χ4v) is 3.17. The molecule has 1 atom stereocenters. The third-order valence-electron chi connectivity index (χ3n) is 4.39. The Hall–Kier alpha value is -4.64. The number of aromatic nitrogens is 3. The Bertz CT molecular complexity index is 1220. The molecule has 4 rings (SSSR count). The molecular formula is C18H13FN10. The summed E-state index contributed by atoms with van der Waals surface area (Å²) in [6.45, 7) is 0. The van der Waals surface area contributed by atoms with Gasteiger partial charge < -0.3 is 16.8 Å². The van der Waals surface area contributed by atoms with Crippen LogP contribution < -0.4 is 22.1 Å². The van der Waals surface area contributed by atoms with Gasteiger partial charge >= 0.3 is 0 Å². The number of nitrogens with zero attached hydrogens (tertiary/aromatic N) is 6. The van der Waals surface area contributed by atoms with Crippen molar-refractivity contribution in [3.63, 3.8) is 0 Å². The van der Waals surface area contributed by atoms with Crippen LogP contribution in [0, 0.1) is 28.6 Å². The topological polar surface area (TPSA) is 167 Å². The van der Waals surface area contributed by atoms with Gasteiger partial charge in [0.05, 0.1) is 11.4 Å². The van der Waals surface area contributed by atoms with Crippen molar-refractivity contribution < 1.29 is 4.39 Å². The van der Waals surface area contributed by atoms with E-state index in [-0.39, 0.29) is 28.8 Å².